The van der Waals surface area contributed by atoms with Gasteiger partial charge in [0.25, 0.3) is 0 Å². The summed E-state index contributed by atoms with van der Waals surface area (Å²) < 4.78 is 29.2. The monoisotopic (exact) mass is 572 g/mol. The molecule has 0 spiro atoms. The van der Waals surface area contributed by atoms with Crippen LogP contribution in [0.25, 0.3) is 0 Å². The zero-order chi connectivity index (χ0) is 14.9. The van der Waals surface area contributed by atoms with Gasteiger partial charge in [0.05, 0.1) is 17.8 Å². The van der Waals surface area contributed by atoms with Crippen molar-refractivity contribution in [2.75, 3.05) is 32.7 Å². The molecule has 1 N–H and O–H groups in total. The predicted octanol–water partition coefficient (Wildman–Crippen LogP) is -0.0374. The van der Waals surface area contributed by atoms with E-state index >= 15 is 0 Å². The molecular weight excluding hydrogens is 547 g/mol. The number of nitrogens with zero attached hydrogens (tertiary/aromatic N) is 2. The summed E-state index contributed by atoms with van der Waals surface area (Å²) in [7, 11) is 0. The molecule has 5 atom stereocenters. The third-order valence-corrected chi connectivity index (χ3v) is 5.75. The summed E-state index contributed by atoms with van der Waals surface area (Å²) in [5, 5.41) is 10.3. The van der Waals surface area contributed by atoms with Crippen LogP contribution >= 0.6 is 0 Å². The first-order chi connectivity index (χ1) is 9.37. The normalized spacial score (nSPS) is 40.0. The molecule has 120 valence electrons. The molecule has 0 bridgehead atoms. The van der Waals surface area contributed by atoms with E-state index in [0.29, 0.717) is 32.7 Å². The molecule has 2 fully saturated rings. The minimum atomic E-state index is -2.12. The Balaban J connectivity index is 0.00000220. The molecule has 0 saturated carbocycles. The number of aliphatic hydroxyl groups is 1. The van der Waals surface area contributed by atoms with Gasteiger partial charge in [0, 0.05) is 49.9 Å². The Hall–Kier alpha value is -1.05. The van der Waals surface area contributed by atoms with E-state index in [4.69, 9.17) is 4.74 Å². The fourth-order valence-electron chi connectivity index (χ4n) is 3.07. The van der Waals surface area contributed by atoms with Gasteiger partial charge < -0.3 is 14.4 Å². The first-order valence-electron chi connectivity index (χ1n) is 7.30. The fraction of sp³-hybridized carbons (Fsp3) is 1.00. The van der Waals surface area contributed by atoms with Crippen LogP contribution in [-0.4, -0.2) is 73.6 Å². The zero-order valence-electron chi connectivity index (χ0n) is 13.2. The number of hydrogen-bond acceptors (Lipinski definition) is 5. The van der Waals surface area contributed by atoms with Crippen molar-refractivity contribution in [3.8, 4) is 0 Å². The third-order valence-electron chi connectivity index (χ3n) is 4.96. The predicted molar refractivity (Wildman–Crippen MR) is 75.7 cm³/mol. The smallest absolute Gasteiger partial charge is 0.0971 e. The quantitative estimate of drug-likeness (QED) is 0.479. The Morgan fingerprint density at radius 1 is 1.38 bits per heavy atom. The molecule has 21 heavy (non-hydrogen) atoms. The van der Waals surface area contributed by atoms with Crippen molar-refractivity contribution >= 4 is 11.3 Å². The molecule has 5 unspecified atom stereocenters. The number of piperazine rings is 1. The molecule has 2 heterocycles. The van der Waals surface area contributed by atoms with Crippen molar-refractivity contribution in [3.63, 3.8) is 0 Å². The minimum absolute atomic E-state index is 0. The van der Waals surface area contributed by atoms with Gasteiger partial charge in [-0.25, -0.2) is 4.31 Å². The van der Waals surface area contributed by atoms with Crippen molar-refractivity contribution in [2.45, 2.75) is 45.0 Å². The molecule has 6 nitrogen and oxygen atoms in total. The van der Waals surface area contributed by atoms with Crippen molar-refractivity contribution < 1.29 is 18.6 Å². The van der Waals surface area contributed by atoms with E-state index in [-0.39, 0.29) is 17.6 Å². The summed E-state index contributed by atoms with van der Waals surface area (Å²) in [6, 6.07) is 0. The fourth-order valence-corrected chi connectivity index (χ4v) is 3.53. The van der Waals surface area contributed by atoms with Gasteiger partial charge in [0.1, 0.15) is 0 Å². The average Bonchev–Trinajstić information content (AvgIpc) is 2.65. The van der Waals surface area contributed by atoms with Crippen LogP contribution < -0.4 is 0 Å². The second-order valence-corrected chi connectivity index (χ2v) is 7.00. The molecule has 0 aliphatic carbocycles. The first-order valence-corrected chi connectivity index (χ1v) is 8.33. The summed E-state index contributed by atoms with van der Waals surface area (Å²) in [6.07, 6.45) is 0.246. The maximum Gasteiger partial charge on any atom is 0.0971 e. The Kier molecular flexibility index (Phi) is 5.83. The van der Waals surface area contributed by atoms with Crippen LogP contribution in [0.1, 0.15) is 27.2 Å². The Bertz CT molecular complexity index is 368. The third kappa shape index (κ3) is 3.59. The van der Waals surface area contributed by atoms with Gasteiger partial charge >= 0.3 is 0 Å². The van der Waals surface area contributed by atoms with Crippen LogP contribution in [0.5, 0.6) is 0 Å². The van der Waals surface area contributed by atoms with Crippen LogP contribution in [-0.2, 0) is 16.0 Å². The van der Waals surface area contributed by atoms with E-state index in [1.807, 2.05) is 6.92 Å². The molecule has 2 aliphatic heterocycles. The van der Waals surface area contributed by atoms with Crippen molar-refractivity contribution in [3.05, 3.63) is 0 Å². The van der Waals surface area contributed by atoms with Gasteiger partial charge in [-0.2, -0.15) is 0 Å². The number of hydrogen-bond donors (Lipinski definition) is 1. The number of aliphatic hydroxyl groups excluding tert-OH is 1. The van der Waals surface area contributed by atoms with Crippen molar-refractivity contribution in [1.82, 2.24) is 9.21 Å². The van der Waals surface area contributed by atoms with Gasteiger partial charge in [0.2, 0.25) is 0 Å². The average molecular weight is 572 g/mol. The van der Waals surface area contributed by atoms with Crippen LogP contribution in [0.2, 0.25) is 0 Å². The Morgan fingerprint density at radius 2 is 1.95 bits per heavy atom. The summed E-state index contributed by atoms with van der Waals surface area (Å²) in [5.41, 5.74) is -0.261. The maximum atomic E-state index is 10.9. The van der Waals surface area contributed by atoms with Crippen LogP contribution in [0.4, 0.5) is 0 Å². The molecule has 2 saturated heterocycles. The van der Waals surface area contributed by atoms with Gasteiger partial charge in [-0.15, -0.1) is 0 Å². The molecule has 0 amide bonds. The van der Waals surface area contributed by atoms with Crippen molar-refractivity contribution in [2.24, 2.45) is 5.92 Å². The first kappa shape index (κ1) is 18.0. The van der Waals surface area contributed by atoms with Gasteiger partial charge in [-0.3, -0.25) is 9.11 Å². The van der Waals surface area contributed by atoms with E-state index in [1.54, 1.807) is 0 Å². The molecule has 0 aromatic rings. The molecule has 2 rings (SSSR count). The van der Waals surface area contributed by atoms with E-state index in [0.717, 1.165) is 6.42 Å². The SMILES string of the molecule is CCC1(C)OC(CN2CCN(S(=O)[O-])CC2)C(O)C1C.[Rf]. The summed E-state index contributed by atoms with van der Waals surface area (Å²) in [4.78, 5) is 2.17. The maximum absolute atomic E-state index is 10.9. The van der Waals surface area contributed by atoms with Crippen LogP contribution in [0, 0.1) is 5.92 Å². The second-order valence-electron chi connectivity index (χ2n) is 6.05. The van der Waals surface area contributed by atoms with E-state index in [1.165, 1.54) is 4.31 Å². The summed E-state index contributed by atoms with van der Waals surface area (Å²) >= 11 is -2.12. The van der Waals surface area contributed by atoms with Crippen LogP contribution in [0.3, 0.4) is 0 Å². The summed E-state index contributed by atoms with van der Waals surface area (Å²) in [6.45, 7) is 9.25. The summed E-state index contributed by atoms with van der Waals surface area (Å²) in [5.74, 6) is 0.118. The zero-order valence-corrected chi connectivity index (χ0v) is 20.4. The van der Waals surface area contributed by atoms with Crippen molar-refractivity contribution in [1.29, 1.82) is 0 Å². The number of ether oxygens (including phenoxy) is 1. The number of rotatable bonds is 4. The minimum Gasteiger partial charge on any atom is -0.760 e. The Labute approximate surface area is 123 Å². The molecule has 2 aliphatic rings. The molecular formula is C13H25N2O4RfS-. The van der Waals surface area contributed by atoms with Gasteiger partial charge in [0.15, 0.2) is 0 Å². The van der Waals surface area contributed by atoms with Crippen LogP contribution in [0.15, 0.2) is 0 Å². The standard InChI is InChI=1S/C13H26N2O4S.Rf/c1-4-13(3)10(2)12(16)11(19-13)9-14-5-7-15(8-6-14)20(17)18;/h10-12,16H,4-9H2,1-3H3,(H,17,18);/p-1. The van der Waals surface area contributed by atoms with E-state index in [2.05, 4.69) is 18.7 Å². The van der Waals surface area contributed by atoms with E-state index < -0.39 is 17.4 Å². The largest absolute Gasteiger partial charge is 0.760 e. The van der Waals surface area contributed by atoms with Gasteiger partial charge in [-0.05, 0) is 13.3 Å². The molecule has 8 heteroatoms. The Morgan fingerprint density at radius 3 is 2.38 bits per heavy atom. The van der Waals surface area contributed by atoms with E-state index in [9.17, 15) is 13.9 Å². The molecule has 0 aromatic carbocycles. The second kappa shape index (κ2) is 6.81. The topological polar surface area (TPSA) is 76.1 Å². The van der Waals surface area contributed by atoms with Gasteiger partial charge in [-0.1, -0.05) is 13.8 Å². The molecule has 0 aromatic heterocycles. The molecule has 0 radical (unpaired) electrons.